The summed E-state index contributed by atoms with van der Waals surface area (Å²) in [5, 5.41) is 8.80. The first-order valence-corrected chi connectivity index (χ1v) is 4.60. The highest BCUT2D eigenvalue weighted by Gasteiger charge is 2.23. The van der Waals surface area contributed by atoms with Gasteiger partial charge < -0.3 is 14.8 Å². The summed E-state index contributed by atoms with van der Waals surface area (Å²) in [4.78, 5) is 17.7. The summed E-state index contributed by atoms with van der Waals surface area (Å²) in [6.45, 7) is 2.43. The van der Waals surface area contributed by atoms with Gasteiger partial charge in [0.15, 0.2) is 5.69 Å². The van der Waals surface area contributed by atoms with Gasteiger partial charge in [0, 0.05) is 12.3 Å². The third-order valence-corrected chi connectivity index (χ3v) is 2.34. The SMILES string of the molecule is Cc1[nH]c(C2CCCO2)nc1C(=O)O. The number of carboxylic acids is 1. The van der Waals surface area contributed by atoms with E-state index in [1.165, 1.54) is 0 Å². The third-order valence-electron chi connectivity index (χ3n) is 2.34. The van der Waals surface area contributed by atoms with Crippen LogP contribution in [0.1, 0.15) is 41.0 Å². The van der Waals surface area contributed by atoms with Crippen LogP contribution in [0.25, 0.3) is 0 Å². The maximum atomic E-state index is 10.7. The molecule has 1 saturated heterocycles. The van der Waals surface area contributed by atoms with Crippen LogP contribution in [0.2, 0.25) is 0 Å². The maximum Gasteiger partial charge on any atom is 0.356 e. The van der Waals surface area contributed by atoms with E-state index in [9.17, 15) is 4.79 Å². The Morgan fingerprint density at radius 2 is 2.50 bits per heavy atom. The molecular weight excluding hydrogens is 184 g/mol. The number of rotatable bonds is 2. The fourth-order valence-electron chi connectivity index (χ4n) is 1.64. The number of H-pyrrole nitrogens is 1. The van der Waals surface area contributed by atoms with Gasteiger partial charge in [0.1, 0.15) is 11.9 Å². The molecule has 5 nitrogen and oxygen atoms in total. The molecular formula is C9H12N2O3. The number of aromatic carboxylic acids is 1. The van der Waals surface area contributed by atoms with Crippen LogP contribution in [0.15, 0.2) is 0 Å². The second kappa shape index (κ2) is 3.42. The van der Waals surface area contributed by atoms with Crippen LogP contribution in [0.5, 0.6) is 0 Å². The van der Waals surface area contributed by atoms with Crippen molar-refractivity contribution < 1.29 is 14.6 Å². The van der Waals surface area contributed by atoms with Crippen molar-refractivity contribution >= 4 is 5.97 Å². The third kappa shape index (κ3) is 1.50. The molecule has 1 atom stereocenters. The summed E-state index contributed by atoms with van der Waals surface area (Å²) in [5.41, 5.74) is 0.679. The predicted octanol–water partition coefficient (Wildman–Crippen LogP) is 1.27. The smallest absolute Gasteiger partial charge is 0.356 e. The minimum Gasteiger partial charge on any atom is -0.476 e. The molecule has 2 heterocycles. The Balaban J connectivity index is 2.27. The molecule has 0 amide bonds. The summed E-state index contributed by atoms with van der Waals surface area (Å²) in [6, 6.07) is 0. The molecule has 0 aliphatic carbocycles. The molecule has 76 valence electrons. The molecule has 0 radical (unpaired) electrons. The van der Waals surface area contributed by atoms with E-state index in [2.05, 4.69) is 9.97 Å². The topological polar surface area (TPSA) is 75.2 Å². The van der Waals surface area contributed by atoms with Crippen LogP contribution in [0.4, 0.5) is 0 Å². The first-order chi connectivity index (χ1) is 6.68. The molecule has 1 aliphatic heterocycles. The highest BCUT2D eigenvalue weighted by molar-refractivity contribution is 5.86. The second-order valence-electron chi connectivity index (χ2n) is 3.40. The predicted molar refractivity (Wildman–Crippen MR) is 48.2 cm³/mol. The number of nitrogens with zero attached hydrogens (tertiary/aromatic N) is 1. The summed E-state index contributed by atoms with van der Waals surface area (Å²) >= 11 is 0. The van der Waals surface area contributed by atoms with Crippen molar-refractivity contribution in [1.29, 1.82) is 0 Å². The lowest BCUT2D eigenvalue weighted by atomic mass is 10.2. The zero-order valence-electron chi connectivity index (χ0n) is 7.91. The number of nitrogens with one attached hydrogen (secondary N) is 1. The number of hydrogen-bond acceptors (Lipinski definition) is 3. The normalized spacial score (nSPS) is 21.4. The molecule has 2 N–H and O–H groups in total. The van der Waals surface area contributed by atoms with Crippen molar-refractivity contribution in [2.75, 3.05) is 6.61 Å². The van der Waals surface area contributed by atoms with Gasteiger partial charge in [0.2, 0.25) is 0 Å². The summed E-state index contributed by atoms with van der Waals surface area (Å²) in [7, 11) is 0. The van der Waals surface area contributed by atoms with E-state index in [1.54, 1.807) is 6.92 Å². The number of carboxylic acid groups (broad SMARTS) is 1. The molecule has 0 saturated carbocycles. The fourth-order valence-corrected chi connectivity index (χ4v) is 1.64. The Hall–Kier alpha value is -1.36. The van der Waals surface area contributed by atoms with E-state index in [1.807, 2.05) is 0 Å². The molecule has 0 spiro atoms. The van der Waals surface area contributed by atoms with Gasteiger partial charge in [-0.2, -0.15) is 0 Å². The molecule has 1 aliphatic rings. The average molecular weight is 196 g/mol. The number of ether oxygens (including phenoxy) is 1. The Morgan fingerprint density at radius 3 is 3.00 bits per heavy atom. The lowest BCUT2D eigenvalue weighted by Gasteiger charge is -2.03. The van der Waals surface area contributed by atoms with Crippen LogP contribution >= 0.6 is 0 Å². The zero-order valence-corrected chi connectivity index (χ0v) is 7.91. The van der Waals surface area contributed by atoms with Crippen LogP contribution in [-0.4, -0.2) is 27.7 Å². The Morgan fingerprint density at radius 1 is 1.71 bits per heavy atom. The molecule has 1 aromatic rings. The number of carbonyl (C=O) groups is 1. The van der Waals surface area contributed by atoms with E-state index in [-0.39, 0.29) is 11.8 Å². The van der Waals surface area contributed by atoms with Gasteiger partial charge >= 0.3 is 5.97 Å². The van der Waals surface area contributed by atoms with E-state index in [4.69, 9.17) is 9.84 Å². The lowest BCUT2D eigenvalue weighted by molar-refractivity contribution is 0.0689. The zero-order chi connectivity index (χ0) is 10.1. The van der Waals surface area contributed by atoms with Crippen LogP contribution < -0.4 is 0 Å². The second-order valence-corrected chi connectivity index (χ2v) is 3.40. The molecule has 14 heavy (non-hydrogen) atoms. The van der Waals surface area contributed by atoms with Crippen molar-refractivity contribution in [3.8, 4) is 0 Å². The van der Waals surface area contributed by atoms with Gasteiger partial charge in [-0.05, 0) is 19.8 Å². The first kappa shape index (κ1) is 9.21. The largest absolute Gasteiger partial charge is 0.476 e. The molecule has 1 fully saturated rings. The van der Waals surface area contributed by atoms with Gasteiger partial charge in [-0.25, -0.2) is 9.78 Å². The van der Waals surface area contributed by atoms with Crippen molar-refractivity contribution in [3.63, 3.8) is 0 Å². The number of hydrogen-bond donors (Lipinski definition) is 2. The Bertz CT molecular complexity index is 353. The maximum absolute atomic E-state index is 10.7. The van der Waals surface area contributed by atoms with Crippen LogP contribution in [0.3, 0.4) is 0 Å². The lowest BCUT2D eigenvalue weighted by Crippen LogP contribution is -2.01. The number of aryl methyl sites for hydroxylation is 1. The molecule has 1 aromatic heterocycles. The standard InChI is InChI=1S/C9H12N2O3/c1-5-7(9(12)13)11-8(10-5)6-3-2-4-14-6/h6H,2-4H2,1H3,(H,10,11)(H,12,13). The van der Waals surface area contributed by atoms with Gasteiger partial charge in [0.25, 0.3) is 0 Å². The quantitative estimate of drug-likeness (QED) is 0.746. The first-order valence-electron chi connectivity index (χ1n) is 4.60. The highest BCUT2D eigenvalue weighted by Crippen LogP contribution is 2.26. The fraction of sp³-hybridized carbons (Fsp3) is 0.556. The monoisotopic (exact) mass is 196 g/mol. The van der Waals surface area contributed by atoms with E-state index in [0.717, 1.165) is 19.4 Å². The molecule has 1 unspecified atom stereocenters. The summed E-state index contributed by atoms with van der Waals surface area (Å²) in [5.74, 6) is -0.361. The number of imidazole rings is 1. The Kier molecular flexibility index (Phi) is 2.25. The number of aromatic amines is 1. The van der Waals surface area contributed by atoms with Crippen LogP contribution in [0, 0.1) is 6.92 Å². The number of aromatic nitrogens is 2. The van der Waals surface area contributed by atoms with E-state index >= 15 is 0 Å². The molecule has 0 aromatic carbocycles. The minimum absolute atomic E-state index is 0.0539. The van der Waals surface area contributed by atoms with Crippen molar-refractivity contribution in [2.45, 2.75) is 25.9 Å². The van der Waals surface area contributed by atoms with Crippen molar-refractivity contribution in [1.82, 2.24) is 9.97 Å². The minimum atomic E-state index is -0.997. The summed E-state index contributed by atoms with van der Waals surface area (Å²) < 4.78 is 5.40. The van der Waals surface area contributed by atoms with E-state index in [0.29, 0.717) is 11.5 Å². The van der Waals surface area contributed by atoms with Gasteiger partial charge in [0.05, 0.1) is 0 Å². The molecule has 2 rings (SSSR count). The molecule has 0 bridgehead atoms. The van der Waals surface area contributed by atoms with Gasteiger partial charge in [-0.3, -0.25) is 0 Å². The van der Waals surface area contributed by atoms with Gasteiger partial charge in [-0.1, -0.05) is 0 Å². The van der Waals surface area contributed by atoms with Crippen LogP contribution in [-0.2, 0) is 4.74 Å². The molecule has 5 heteroatoms. The average Bonchev–Trinajstić information content (AvgIpc) is 2.70. The summed E-state index contributed by atoms with van der Waals surface area (Å²) in [6.07, 6.45) is 1.86. The van der Waals surface area contributed by atoms with Crippen molar-refractivity contribution in [3.05, 3.63) is 17.2 Å². The van der Waals surface area contributed by atoms with E-state index < -0.39 is 5.97 Å². The van der Waals surface area contributed by atoms with Crippen molar-refractivity contribution in [2.24, 2.45) is 0 Å². The highest BCUT2D eigenvalue weighted by atomic mass is 16.5. The Labute approximate surface area is 81.1 Å². The van der Waals surface area contributed by atoms with Gasteiger partial charge in [-0.15, -0.1) is 0 Å².